The summed E-state index contributed by atoms with van der Waals surface area (Å²) in [7, 11) is 0. The maximum Gasteiger partial charge on any atom is 0.161 e. The minimum Gasteiger partial charge on any atom is -0.388 e. The van der Waals surface area contributed by atoms with Gasteiger partial charge >= 0.3 is 0 Å². The molecule has 1 aliphatic heterocycles. The number of aryl methyl sites for hydroxylation is 1. The summed E-state index contributed by atoms with van der Waals surface area (Å²) in [6.07, 6.45) is 4.18. The normalized spacial score (nSPS) is 27.5. The molecule has 6 nitrogen and oxygen atoms in total. The largest absolute Gasteiger partial charge is 0.388 e. The molecule has 2 aromatic heterocycles. The van der Waals surface area contributed by atoms with Gasteiger partial charge in [0, 0.05) is 24.4 Å². The second kappa shape index (κ2) is 5.87. The van der Waals surface area contributed by atoms with Crippen LogP contribution in [0.15, 0.2) is 36.8 Å². The Morgan fingerprint density at radius 1 is 1.23 bits per heavy atom. The monoisotopic (exact) mass is 351 g/mol. The number of hydrogen-bond acceptors (Lipinski definition) is 5. The Balaban J connectivity index is 1.36. The van der Waals surface area contributed by atoms with Gasteiger partial charge in [-0.25, -0.2) is 9.97 Å². The maximum absolute atomic E-state index is 10.6. The number of nitrogens with zero attached hydrogens (tertiary/aromatic N) is 3. The van der Waals surface area contributed by atoms with Gasteiger partial charge in [-0.05, 0) is 36.1 Å². The second-order valence-electron chi connectivity index (χ2n) is 7.33. The summed E-state index contributed by atoms with van der Waals surface area (Å²) in [6.45, 7) is 1.95. The van der Waals surface area contributed by atoms with E-state index in [2.05, 4.69) is 16.0 Å². The average Bonchev–Trinajstić information content (AvgIpc) is 3.18. The van der Waals surface area contributed by atoms with Crippen molar-refractivity contribution in [1.82, 2.24) is 14.5 Å². The van der Waals surface area contributed by atoms with Gasteiger partial charge in [0.25, 0.3) is 0 Å². The summed E-state index contributed by atoms with van der Waals surface area (Å²) in [5.41, 5.74) is 5.14. The molecule has 3 aromatic rings. The summed E-state index contributed by atoms with van der Waals surface area (Å²) in [6, 6.07) is 8.16. The standard InChI is InChI=1S/C20H21N3O3/c1-11-15-4-5-23(19(15)22-10-21-11)20-18(25)9-14(26-20)7-12-2-3-16-13(6-12)8-17(16)24/h2-6,10,14,17-18,20,24-25H,7-9H2,1H3/t14-,17?,18-,20-/m1/s1. The zero-order chi connectivity index (χ0) is 17.8. The molecule has 1 aliphatic carbocycles. The van der Waals surface area contributed by atoms with E-state index in [0.29, 0.717) is 6.42 Å². The summed E-state index contributed by atoms with van der Waals surface area (Å²) >= 11 is 0. The van der Waals surface area contributed by atoms with Crippen molar-refractivity contribution in [2.24, 2.45) is 0 Å². The van der Waals surface area contributed by atoms with Crippen LogP contribution < -0.4 is 0 Å². The molecule has 26 heavy (non-hydrogen) atoms. The molecule has 4 atom stereocenters. The van der Waals surface area contributed by atoms with Gasteiger partial charge in [-0.1, -0.05) is 18.2 Å². The Morgan fingerprint density at radius 3 is 2.92 bits per heavy atom. The summed E-state index contributed by atoms with van der Waals surface area (Å²) < 4.78 is 8.09. The van der Waals surface area contributed by atoms with Crippen LogP contribution in [0.5, 0.6) is 0 Å². The summed E-state index contributed by atoms with van der Waals surface area (Å²) in [4.78, 5) is 8.58. The zero-order valence-electron chi connectivity index (χ0n) is 14.5. The molecule has 0 amide bonds. The van der Waals surface area contributed by atoms with Crippen molar-refractivity contribution in [2.45, 2.75) is 50.7 Å². The van der Waals surface area contributed by atoms with Gasteiger partial charge in [0.2, 0.25) is 0 Å². The number of hydrogen-bond donors (Lipinski definition) is 2. The number of ether oxygens (including phenoxy) is 1. The van der Waals surface area contributed by atoms with E-state index in [1.807, 2.05) is 35.9 Å². The van der Waals surface area contributed by atoms with Gasteiger partial charge in [-0.2, -0.15) is 0 Å². The zero-order valence-corrected chi connectivity index (χ0v) is 14.5. The summed E-state index contributed by atoms with van der Waals surface area (Å²) in [5, 5.41) is 21.2. The van der Waals surface area contributed by atoms with E-state index in [1.54, 1.807) is 6.33 Å². The highest BCUT2D eigenvalue weighted by atomic mass is 16.5. The van der Waals surface area contributed by atoms with Crippen LogP contribution in [0.3, 0.4) is 0 Å². The average molecular weight is 351 g/mol. The molecular formula is C20H21N3O3. The Labute approximate surface area is 151 Å². The molecule has 0 saturated carbocycles. The molecule has 1 fully saturated rings. The van der Waals surface area contributed by atoms with Crippen LogP contribution in [0, 0.1) is 6.92 Å². The van der Waals surface area contributed by atoms with E-state index in [1.165, 1.54) is 11.1 Å². The van der Waals surface area contributed by atoms with Crippen molar-refractivity contribution < 1.29 is 14.9 Å². The lowest BCUT2D eigenvalue weighted by Gasteiger charge is -2.26. The fraction of sp³-hybridized carbons (Fsp3) is 0.400. The fourth-order valence-electron chi connectivity index (χ4n) is 4.15. The van der Waals surface area contributed by atoms with Crippen LogP contribution in [-0.4, -0.2) is 37.0 Å². The van der Waals surface area contributed by atoms with Crippen molar-refractivity contribution in [2.75, 3.05) is 0 Å². The third kappa shape index (κ3) is 2.45. The fourth-order valence-corrected chi connectivity index (χ4v) is 4.15. The van der Waals surface area contributed by atoms with Gasteiger partial charge < -0.3 is 19.5 Å². The SMILES string of the molecule is Cc1ncnc2c1ccn2[C@@H]1O[C@H](Cc2ccc3c(c2)CC3O)C[C@H]1O. The summed E-state index contributed by atoms with van der Waals surface area (Å²) in [5.74, 6) is 0. The molecule has 3 heterocycles. The molecule has 2 N–H and O–H groups in total. The van der Waals surface area contributed by atoms with E-state index in [4.69, 9.17) is 4.74 Å². The minimum absolute atomic E-state index is 0.0431. The van der Waals surface area contributed by atoms with Gasteiger partial charge in [0.1, 0.15) is 18.1 Å². The minimum atomic E-state index is -0.570. The molecule has 0 bridgehead atoms. The van der Waals surface area contributed by atoms with Gasteiger partial charge in [-0.3, -0.25) is 0 Å². The Kier molecular flexibility index (Phi) is 3.60. The molecule has 0 radical (unpaired) electrons. The van der Waals surface area contributed by atoms with Crippen molar-refractivity contribution in [3.05, 3.63) is 59.2 Å². The lowest BCUT2D eigenvalue weighted by Crippen LogP contribution is -2.19. The maximum atomic E-state index is 10.6. The first-order chi connectivity index (χ1) is 12.6. The molecule has 134 valence electrons. The predicted molar refractivity (Wildman–Crippen MR) is 95.6 cm³/mol. The molecule has 5 rings (SSSR count). The van der Waals surface area contributed by atoms with Gasteiger partial charge in [-0.15, -0.1) is 0 Å². The molecular weight excluding hydrogens is 330 g/mol. The smallest absolute Gasteiger partial charge is 0.161 e. The molecule has 1 saturated heterocycles. The van der Waals surface area contributed by atoms with Crippen LogP contribution in [0.2, 0.25) is 0 Å². The number of aliphatic hydroxyl groups is 2. The Morgan fingerprint density at radius 2 is 2.12 bits per heavy atom. The van der Waals surface area contributed by atoms with E-state index >= 15 is 0 Å². The predicted octanol–water partition coefficient (Wildman–Crippen LogP) is 2.22. The third-order valence-electron chi connectivity index (χ3n) is 5.59. The molecule has 1 unspecified atom stereocenters. The van der Waals surface area contributed by atoms with Gasteiger partial charge in [0.15, 0.2) is 6.23 Å². The number of aromatic nitrogens is 3. The van der Waals surface area contributed by atoms with Crippen LogP contribution >= 0.6 is 0 Å². The second-order valence-corrected chi connectivity index (χ2v) is 7.33. The highest BCUT2D eigenvalue weighted by molar-refractivity contribution is 5.78. The van der Waals surface area contributed by atoms with E-state index in [0.717, 1.165) is 35.1 Å². The van der Waals surface area contributed by atoms with Gasteiger partial charge in [0.05, 0.1) is 17.9 Å². The van der Waals surface area contributed by atoms with Crippen LogP contribution in [0.1, 0.15) is 41.1 Å². The molecule has 2 aliphatic rings. The van der Waals surface area contributed by atoms with Crippen molar-refractivity contribution in [3.63, 3.8) is 0 Å². The van der Waals surface area contributed by atoms with E-state index in [-0.39, 0.29) is 12.2 Å². The highest BCUT2D eigenvalue weighted by Crippen LogP contribution is 2.36. The van der Waals surface area contributed by atoms with Crippen molar-refractivity contribution >= 4 is 11.0 Å². The number of benzene rings is 1. The Bertz CT molecular complexity index is 984. The van der Waals surface area contributed by atoms with Crippen molar-refractivity contribution in [1.29, 1.82) is 0 Å². The first kappa shape index (κ1) is 15.9. The molecule has 0 spiro atoms. The van der Waals surface area contributed by atoms with Crippen LogP contribution in [0.25, 0.3) is 11.0 Å². The van der Waals surface area contributed by atoms with Crippen LogP contribution in [0.4, 0.5) is 0 Å². The number of fused-ring (bicyclic) bond motifs is 2. The quantitative estimate of drug-likeness (QED) is 0.756. The van der Waals surface area contributed by atoms with Crippen molar-refractivity contribution in [3.8, 4) is 0 Å². The lowest BCUT2D eigenvalue weighted by molar-refractivity contribution is -0.0341. The van der Waals surface area contributed by atoms with Crippen LogP contribution in [-0.2, 0) is 17.6 Å². The molecule has 6 heteroatoms. The first-order valence-electron chi connectivity index (χ1n) is 9.01. The van der Waals surface area contributed by atoms with E-state index in [9.17, 15) is 10.2 Å². The van der Waals surface area contributed by atoms with E-state index < -0.39 is 12.3 Å². The Hall–Kier alpha value is -2.28. The lowest BCUT2D eigenvalue weighted by atomic mass is 9.83. The number of aliphatic hydroxyl groups excluding tert-OH is 2. The molecule has 1 aromatic carbocycles. The first-order valence-corrected chi connectivity index (χ1v) is 9.01. The highest BCUT2D eigenvalue weighted by Gasteiger charge is 2.36. The third-order valence-corrected chi connectivity index (χ3v) is 5.59. The topological polar surface area (TPSA) is 80.4 Å². The number of rotatable bonds is 3.